The van der Waals surface area contributed by atoms with Crippen LogP contribution >= 0.6 is 0 Å². The van der Waals surface area contributed by atoms with Crippen molar-refractivity contribution in [1.82, 2.24) is 10.2 Å². The summed E-state index contributed by atoms with van der Waals surface area (Å²) in [5.41, 5.74) is 5.34. The number of nitrogens with two attached hydrogens (primary N) is 1. The first kappa shape index (κ1) is 16.7. The number of likely N-dealkylation sites (N-methyl/N-ethyl adjacent to an activating group) is 1. The van der Waals surface area contributed by atoms with Gasteiger partial charge in [0.15, 0.2) is 0 Å². The Labute approximate surface area is 128 Å². The summed E-state index contributed by atoms with van der Waals surface area (Å²) in [6, 6.07) is 0. The summed E-state index contributed by atoms with van der Waals surface area (Å²) < 4.78 is 5.58. The summed E-state index contributed by atoms with van der Waals surface area (Å²) in [6.07, 6.45) is 4.10. The van der Waals surface area contributed by atoms with Gasteiger partial charge in [0, 0.05) is 12.1 Å². The Bertz CT molecular complexity index is 373. The summed E-state index contributed by atoms with van der Waals surface area (Å²) in [4.78, 5) is 14.5. The number of hydrogen-bond donors (Lipinski definition) is 2. The molecule has 0 aromatic heterocycles. The van der Waals surface area contributed by atoms with Crippen LogP contribution in [0.15, 0.2) is 0 Å². The minimum absolute atomic E-state index is 0.0877. The SMILES string of the molecule is CCNC1(C(N)=O)CCCC1CCN1CCOCC1(C)C. The molecule has 2 atom stereocenters. The topological polar surface area (TPSA) is 67.6 Å². The van der Waals surface area contributed by atoms with Crippen molar-refractivity contribution in [3.63, 3.8) is 0 Å². The molecular formula is C16H31N3O2. The summed E-state index contributed by atoms with van der Waals surface area (Å²) in [7, 11) is 0. The van der Waals surface area contributed by atoms with Crippen LogP contribution in [-0.4, -0.2) is 54.7 Å². The maximum atomic E-state index is 12.0. The van der Waals surface area contributed by atoms with E-state index in [4.69, 9.17) is 10.5 Å². The number of ether oxygens (including phenoxy) is 1. The molecule has 21 heavy (non-hydrogen) atoms. The number of morpholine rings is 1. The number of amides is 1. The summed E-state index contributed by atoms with van der Waals surface area (Å²) in [5, 5.41) is 3.40. The number of carbonyl (C=O) groups excluding carboxylic acids is 1. The van der Waals surface area contributed by atoms with Gasteiger partial charge in [0.05, 0.1) is 13.2 Å². The molecule has 1 aliphatic heterocycles. The summed E-state index contributed by atoms with van der Waals surface area (Å²) >= 11 is 0. The van der Waals surface area contributed by atoms with Crippen molar-refractivity contribution in [2.24, 2.45) is 11.7 Å². The van der Waals surface area contributed by atoms with Crippen molar-refractivity contribution < 1.29 is 9.53 Å². The number of rotatable bonds is 6. The normalized spacial score (nSPS) is 33.2. The molecule has 2 aliphatic rings. The quantitative estimate of drug-likeness (QED) is 0.771. The molecular weight excluding hydrogens is 266 g/mol. The molecule has 1 saturated heterocycles. The van der Waals surface area contributed by atoms with Crippen LogP contribution in [0.2, 0.25) is 0 Å². The van der Waals surface area contributed by atoms with E-state index >= 15 is 0 Å². The molecule has 5 nitrogen and oxygen atoms in total. The third-order valence-electron chi connectivity index (χ3n) is 5.32. The molecule has 5 heteroatoms. The smallest absolute Gasteiger partial charge is 0.238 e. The Hall–Kier alpha value is -0.650. The van der Waals surface area contributed by atoms with E-state index in [9.17, 15) is 4.79 Å². The van der Waals surface area contributed by atoms with Crippen molar-refractivity contribution in [1.29, 1.82) is 0 Å². The molecule has 2 fully saturated rings. The van der Waals surface area contributed by atoms with Gasteiger partial charge in [-0.05, 0) is 52.1 Å². The van der Waals surface area contributed by atoms with Crippen LogP contribution in [0.1, 0.15) is 46.5 Å². The number of carbonyl (C=O) groups is 1. The van der Waals surface area contributed by atoms with Gasteiger partial charge < -0.3 is 15.8 Å². The molecule has 122 valence electrons. The highest BCUT2D eigenvalue weighted by molar-refractivity contribution is 5.85. The predicted octanol–water partition coefficient (Wildman–Crippen LogP) is 1.12. The number of primary amides is 1. The van der Waals surface area contributed by atoms with Gasteiger partial charge in [-0.1, -0.05) is 13.3 Å². The molecule has 0 spiro atoms. The van der Waals surface area contributed by atoms with E-state index in [1.54, 1.807) is 0 Å². The Morgan fingerprint density at radius 1 is 1.48 bits per heavy atom. The second-order valence-corrected chi connectivity index (χ2v) is 7.10. The molecule has 1 aliphatic carbocycles. The highest BCUT2D eigenvalue weighted by Crippen LogP contribution is 2.38. The molecule has 2 rings (SSSR count). The Kier molecular flexibility index (Phi) is 5.28. The molecule has 0 radical (unpaired) electrons. The first-order chi connectivity index (χ1) is 9.92. The lowest BCUT2D eigenvalue weighted by Crippen LogP contribution is -2.59. The summed E-state index contributed by atoms with van der Waals surface area (Å²) in [6.45, 7) is 10.9. The monoisotopic (exact) mass is 297 g/mol. The fourth-order valence-electron chi connectivity index (χ4n) is 4.05. The third kappa shape index (κ3) is 3.41. The van der Waals surface area contributed by atoms with Gasteiger partial charge in [0.1, 0.15) is 5.54 Å². The van der Waals surface area contributed by atoms with Crippen LogP contribution in [0.4, 0.5) is 0 Å². The standard InChI is InChI=1S/C16H31N3O2/c1-4-18-16(14(17)20)8-5-6-13(16)7-9-19-10-11-21-12-15(19,2)3/h13,18H,4-12H2,1-3H3,(H2,17,20). The highest BCUT2D eigenvalue weighted by Gasteiger charge is 2.47. The van der Waals surface area contributed by atoms with E-state index in [2.05, 4.69) is 24.1 Å². The lowest BCUT2D eigenvalue weighted by atomic mass is 9.83. The van der Waals surface area contributed by atoms with Crippen LogP contribution in [0.3, 0.4) is 0 Å². The van der Waals surface area contributed by atoms with Crippen LogP contribution in [0, 0.1) is 5.92 Å². The third-order valence-corrected chi connectivity index (χ3v) is 5.32. The fraction of sp³-hybridized carbons (Fsp3) is 0.938. The van der Waals surface area contributed by atoms with Crippen molar-refractivity contribution >= 4 is 5.91 Å². The zero-order chi connectivity index (χ0) is 15.5. The lowest BCUT2D eigenvalue weighted by Gasteiger charge is -2.43. The zero-order valence-electron chi connectivity index (χ0n) is 13.8. The Morgan fingerprint density at radius 2 is 2.24 bits per heavy atom. The molecule has 0 aromatic carbocycles. The van der Waals surface area contributed by atoms with Gasteiger partial charge in [-0.15, -0.1) is 0 Å². The van der Waals surface area contributed by atoms with Crippen molar-refractivity contribution in [3.8, 4) is 0 Å². The van der Waals surface area contributed by atoms with E-state index in [1.165, 1.54) is 0 Å². The van der Waals surface area contributed by atoms with Gasteiger partial charge in [0.25, 0.3) is 0 Å². The average Bonchev–Trinajstić information content (AvgIpc) is 2.82. The van der Waals surface area contributed by atoms with Gasteiger partial charge in [-0.25, -0.2) is 0 Å². The number of nitrogens with zero attached hydrogens (tertiary/aromatic N) is 1. The molecule has 1 amide bonds. The minimum atomic E-state index is -0.481. The number of hydrogen-bond acceptors (Lipinski definition) is 4. The average molecular weight is 297 g/mol. The maximum absolute atomic E-state index is 12.0. The van der Waals surface area contributed by atoms with Gasteiger partial charge >= 0.3 is 0 Å². The minimum Gasteiger partial charge on any atom is -0.378 e. The Balaban J connectivity index is 1.99. The lowest BCUT2D eigenvalue weighted by molar-refractivity contribution is -0.126. The molecule has 2 unspecified atom stereocenters. The first-order valence-electron chi connectivity index (χ1n) is 8.30. The fourth-order valence-corrected chi connectivity index (χ4v) is 4.05. The second kappa shape index (κ2) is 6.63. The van der Waals surface area contributed by atoms with Crippen molar-refractivity contribution in [2.75, 3.05) is 32.8 Å². The predicted molar refractivity (Wildman–Crippen MR) is 84.0 cm³/mol. The van der Waals surface area contributed by atoms with Gasteiger partial charge in [0.2, 0.25) is 5.91 Å². The van der Waals surface area contributed by atoms with Crippen LogP contribution < -0.4 is 11.1 Å². The van der Waals surface area contributed by atoms with E-state index in [0.29, 0.717) is 5.92 Å². The second-order valence-electron chi connectivity index (χ2n) is 7.10. The van der Waals surface area contributed by atoms with Crippen molar-refractivity contribution in [2.45, 2.75) is 57.5 Å². The molecule has 3 N–H and O–H groups in total. The molecule has 1 heterocycles. The van der Waals surface area contributed by atoms with Gasteiger partial charge in [-0.3, -0.25) is 9.69 Å². The van der Waals surface area contributed by atoms with Crippen LogP contribution in [-0.2, 0) is 9.53 Å². The highest BCUT2D eigenvalue weighted by atomic mass is 16.5. The Morgan fingerprint density at radius 3 is 2.86 bits per heavy atom. The molecule has 0 aromatic rings. The van der Waals surface area contributed by atoms with E-state index in [0.717, 1.165) is 58.5 Å². The van der Waals surface area contributed by atoms with Gasteiger partial charge in [-0.2, -0.15) is 0 Å². The number of nitrogens with one attached hydrogen (secondary N) is 1. The van der Waals surface area contributed by atoms with Crippen LogP contribution in [0.5, 0.6) is 0 Å². The van der Waals surface area contributed by atoms with Crippen LogP contribution in [0.25, 0.3) is 0 Å². The largest absolute Gasteiger partial charge is 0.378 e. The summed E-state index contributed by atoms with van der Waals surface area (Å²) in [5.74, 6) is 0.182. The first-order valence-corrected chi connectivity index (χ1v) is 8.30. The van der Waals surface area contributed by atoms with E-state index < -0.39 is 5.54 Å². The molecule has 1 saturated carbocycles. The maximum Gasteiger partial charge on any atom is 0.238 e. The zero-order valence-corrected chi connectivity index (χ0v) is 13.8. The molecule has 0 bridgehead atoms. The van der Waals surface area contributed by atoms with Crippen molar-refractivity contribution in [3.05, 3.63) is 0 Å². The van der Waals surface area contributed by atoms with E-state index in [1.807, 2.05) is 6.92 Å². The van der Waals surface area contributed by atoms with E-state index in [-0.39, 0.29) is 11.4 Å².